The predicted molar refractivity (Wildman–Crippen MR) is 222 cm³/mol. The van der Waals surface area contributed by atoms with Crippen LogP contribution in [0.2, 0.25) is 0 Å². The second kappa shape index (κ2) is 35.5. The van der Waals surface area contributed by atoms with Crippen molar-refractivity contribution in [3.05, 3.63) is 0 Å². The summed E-state index contributed by atoms with van der Waals surface area (Å²) in [6, 6.07) is -2.34. The number of hydrogen-bond acceptors (Lipinski definition) is 18. The van der Waals surface area contributed by atoms with Gasteiger partial charge in [0.15, 0.2) is 0 Å². The van der Waals surface area contributed by atoms with Gasteiger partial charge in [0, 0.05) is 20.8 Å². The summed E-state index contributed by atoms with van der Waals surface area (Å²) in [6.07, 6.45) is -1.89. The fourth-order valence-corrected chi connectivity index (χ4v) is 5.43. The monoisotopic (exact) mass is 869 g/mol. The Morgan fingerprint density at radius 3 is 1.66 bits per heavy atom. The first-order valence-electron chi connectivity index (χ1n) is 20.3. The van der Waals surface area contributed by atoms with E-state index in [-0.39, 0.29) is 63.3 Å². The van der Waals surface area contributed by atoms with Crippen LogP contribution in [0.1, 0.15) is 106 Å². The Kier molecular flexibility index (Phi) is 34.3. The van der Waals surface area contributed by atoms with E-state index < -0.39 is 83.7 Å². The van der Waals surface area contributed by atoms with Crippen molar-refractivity contribution in [3.63, 3.8) is 0 Å². The normalized spacial score (nSPS) is 12.8. The van der Waals surface area contributed by atoms with Crippen LogP contribution < -0.4 is 16.4 Å². The molecule has 0 unspecified atom stereocenters. The number of methoxy groups -OCH3 is 2. The second-order valence-electron chi connectivity index (χ2n) is 15.4. The van der Waals surface area contributed by atoms with E-state index in [1.54, 1.807) is 41.7 Å². The van der Waals surface area contributed by atoms with E-state index in [9.17, 15) is 38.4 Å². The van der Waals surface area contributed by atoms with Gasteiger partial charge < -0.3 is 29.5 Å². The number of hydrogen-bond donors (Lipinski definition) is 5. The Morgan fingerprint density at radius 1 is 0.639 bits per heavy atom. The summed E-state index contributed by atoms with van der Waals surface area (Å²) in [6.45, 7) is 13.3. The van der Waals surface area contributed by atoms with Crippen LogP contribution in [0.3, 0.4) is 0 Å². The van der Waals surface area contributed by atoms with E-state index in [1.807, 2.05) is 0 Å². The minimum atomic E-state index is -1.22. The van der Waals surface area contributed by atoms with Crippen molar-refractivity contribution in [1.29, 1.82) is 10.6 Å². The molecule has 0 aromatic carbocycles. The molecule has 0 aromatic rings. The fraction of sp³-hybridized carbons (Fsp3) is 0.795. The van der Waals surface area contributed by atoms with Crippen LogP contribution in [-0.4, -0.2) is 140 Å². The summed E-state index contributed by atoms with van der Waals surface area (Å²) in [4.78, 5) is 103. The van der Waals surface area contributed by atoms with Gasteiger partial charge in [-0.2, -0.15) is 0 Å². The summed E-state index contributed by atoms with van der Waals surface area (Å²) < 4.78 is 34.4. The number of Topliss-reactive ketones (excluding diaryl/α,β-unsaturated/α-hetero) is 3. The first kappa shape index (κ1) is 59.0. The van der Waals surface area contributed by atoms with Gasteiger partial charge in [0.1, 0.15) is 11.4 Å². The number of nitrogens with two attached hydrogens (primary N) is 1. The molecule has 0 bridgehead atoms. The van der Waals surface area contributed by atoms with Crippen molar-refractivity contribution >= 4 is 61.6 Å². The van der Waals surface area contributed by atoms with E-state index in [0.29, 0.717) is 60.5 Å². The van der Waals surface area contributed by atoms with Gasteiger partial charge in [-0.15, -0.1) is 0 Å². The zero-order chi connectivity index (χ0) is 46.8. The van der Waals surface area contributed by atoms with E-state index in [0.717, 1.165) is 0 Å². The molecule has 0 rings (SSSR count). The standard InChI is InChI=1S/C34H56B2N4O13.C5H13NO2/c1-21(2)17-26(40-33(48)24(18-22(3)41)20-31(46)51-34(4,5)6)28(43)19-23(10-12-29(44)52-35-37)32(47)39-25(11-13-30(45)53-36-38)27(42)9-8-14-50-16-15-49-7;1-7-4-5-8-3-2-6/h21,23-26,37-38H,8-20H2,1-7H3,(H,39,47)(H,40,48);2-6H2,1H3/t23-,24+,25-,26-;/m1./s1. The number of ketones is 3. The molecule has 4 atom stereocenters. The van der Waals surface area contributed by atoms with Crippen LogP contribution in [0.15, 0.2) is 0 Å². The van der Waals surface area contributed by atoms with Crippen molar-refractivity contribution in [2.24, 2.45) is 23.5 Å². The molecule has 0 saturated carbocycles. The van der Waals surface area contributed by atoms with Crippen LogP contribution in [0.5, 0.6) is 0 Å². The minimum Gasteiger partial charge on any atom is -0.460 e. The average molecular weight is 870 g/mol. The summed E-state index contributed by atoms with van der Waals surface area (Å²) >= 11 is 0. The number of carbonyl (C=O) groups excluding carboxylic acids is 8. The van der Waals surface area contributed by atoms with E-state index in [1.165, 1.54) is 14.0 Å². The molecule has 346 valence electrons. The van der Waals surface area contributed by atoms with E-state index in [4.69, 9.17) is 40.0 Å². The van der Waals surface area contributed by atoms with Crippen LogP contribution in [-0.2, 0) is 71.3 Å². The maximum atomic E-state index is 13.8. The topological polar surface area (TPSA) is 299 Å². The SMILES string of the molecule is COCCOCCCC(=O)[C@@H](CCC(=O)OB=N)NC(=O)[C@H](CCC(=O)OB=N)CC(=O)[C@@H](CC(C)C)NC(=O)[C@@H](CC(C)=O)CC(=O)OC(C)(C)C.COCCOCCN. The van der Waals surface area contributed by atoms with Crippen LogP contribution in [0.4, 0.5) is 0 Å². The zero-order valence-corrected chi connectivity index (χ0v) is 37.3. The molecule has 2 amide bonds. The molecule has 0 saturated heterocycles. The molecule has 0 heterocycles. The summed E-state index contributed by atoms with van der Waals surface area (Å²) in [5.41, 5.74) is 4.31. The molecule has 61 heavy (non-hydrogen) atoms. The fourth-order valence-electron chi connectivity index (χ4n) is 5.43. The summed E-state index contributed by atoms with van der Waals surface area (Å²) in [7, 11) is 4.03. The number of carbonyl (C=O) groups is 8. The first-order valence-corrected chi connectivity index (χ1v) is 20.3. The Bertz CT molecular complexity index is 1370. The van der Waals surface area contributed by atoms with Gasteiger partial charge in [0.25, 0.3) is 0 Å². The molecule has 0 aliphatic heterocycles. The van der Waals surface area contributed by atoms with E-state index >= 15 is 0 Å². The molecule has 0 spiro atoms. The van der Waals surface area contributed by atoms with Gasteiger partial charge in [-0.3, -0.25) is 4.79 Å². The van der Waals surface area contributed by atoms with Gasteiger partial charge in [-0.05, 0) is 27.7 Å². The van der Waals surface area contributed by atoms with Gasteiger partial charge in [0.2, 0.25) is 0 Å². The molecular weight excluding hydrogens is 800 g/mol. The Balaban J connectivity index is 0. The number of amides is 2. The minimum absolute atomic E-state index is 0.0278. The van der Waals surface area contributed by atoms with Crippen molar-refractivity contribution in [1.82, 2.24) is 10.6 Å². The van der Waals surface area contributed by atoms with Crippen LogP contribution in [0, 0.1) is 28.4 Å². The average Bonchev–Trinajstić information content (AvgIpc) is 3.16. The van der Waals surface area contributed by atoms with Crippen LogP contribution >= 0.6 is 0 Å². The molecule has 20 nitrogen and oxygen atoms in total. The van der Waals surface area contributed by atoms with Crippen molar-refractivity contribution < 1.29 is 71.3 Å². The summed E-state index contributed by atoms with van der Waals surface area (Å²) in [5, 5.41) is 19.2. The second-order valence-corrected chi connectivity index (χ2v) is 15.4. The molecular formula is C39H69B2N5O15. The Morgan fingerprint density at radius 2 is 1.16 bits per heavy atom. The van der Waals surface area contributed by atoms with E-state index in [2.05, 4.69) is 19.9 Å². The third-order valence-corrected chi connectivity index (χ3v) is 8.23. The molecule has 6 N–H and O–H groups in total. The van der Waals surface area contributed by atoms with Gasteiger partial charge in [-0.1, -0.05) is 0 Å². The molecule has 22 heteroatoms. The molecule has 0 aromatic heterocycles. The summed E-state index contributed by atoms with van der Waals surface area (Å²) in [5.74, 6) is -7.72. The van der Waals surface area contributed by atoms with Crippen molar-refractivity contribution in [2.45, 2.75) is 123 Å². The van der Waals surface area contributed by atoms with Gasteiger partial charge >= 0.3 is 248 Å². The maximum absolute atomic E-state index is 13.8. The Hall–Kier alpha value is -4.11. The molecule has 0 aliphatic rings. The third kappa shape index (κ3) is 33.2. The quantitative estimate of drug-likeness (QED) is 0.0351. The van der Waals surface area contributed by atoms with Crippen molar-refractivity contribution in [2.75, 3.05) is 60.4 Å². The Labute approximate surface area is 361 Å². The number of nitrogens with one attached hydrogen (secondary N) is 4. The van der Waals surface area contributed by atoms with Gasteiger partial charge in [-0.25, -0.2) is 0 Å². The zero-order valence-electron chi connectivity index (χ0n) is 37.3. The third-order valence-electron chi connectivity index (χ3n) is 8.23. The smallest absolute Gasteiger partial charge is 0.460 e. The predicted octanol–water partition coefficient (Wildman–Crippen LogP) is 1.93. The number of ether oxygens (including phenoxy) is 5. The van der Waals surface area contributed by atoms with Gasteiger partial charge in [0.05, 0.1) is 19.8 Å². The number of esters is 1. The molecule has 0 fully saturated rings. The molecule has 0 radical (unpaired) electrons. The first-order chi connectivity index (χ1) is 28.7. The van der Waals surface area contributed by atoms with Crippen molar-refractivity contribution in [3.8, 4) is 0 Å². The number of rotatable bonds is 34. The van der Waals surface area contributed by atoms with Crippen LogP contribution in [0.25, 0.3) is 0 Å². The molecule has 0 aliphatic carbocycles.